The minimum atomic E-state index is -4.05. The summed E-state index contributed by atoms with van der Waals surface area (Å²) in [6.45, 7) is 0. The van der Waals surface area contributed by atoms with Gasteiger partial charge in [0.2, 0.25) is 0 Å². The first-order chi connectivity index (χ1) is 8.45. The lowest BCUT2D eigenvalue weighted by Gasteiger charge is -2.31. The van der Waals surface area contributed by atoms with Crippen LogP contribution in [0, 0.1) is 9.49 Å². The van der Waals surface area contributed by atoms with Crippen LogP contribution in [0.5, 0.6) is 0 Å². The Morgan fingerprint density at radius 2 is 1.78 bits per heavy atom. The molecule has 1 saturated carbocycles. The Bertz CT molecular complexity index is 388. The molecule has 100 valence electrons. The second-order valence-electron chi connectivity index (χ2n) is 4.75. The van der Waals surface area contributed by atoms with E-state index in [4.69, 9.17) is 0 Å². The van der Waals surface area contributed by atoms with Crippen LogP contribution in [0.25, 0.3) is 0 Å². The van der Waals surface area contributed by atoms with Crippen LogP contribution in [-0.4, -0.2) is 12.2 Å². The third-order valence-corrected chi connectivity index (χ3v) is 4.07. The molecule has 0 heterocycles. The highest BCUT2D eigenvalue weighted by Crippen LogP contribution is 2.38. The third kappa shape index (κ3) is 3.76. The van der Waals surface area contributed by atoms with Gasteiger partial charge < -0.3 is 5.32 Å². The van der Waals surface area contributed by atoms with Crippen molar-refractivity contribution < 1.29 is 13.2 Å². The molecule has 0 spiro atoms. The zero-order valence-corrected chi connectivity index (χ0v) is 12.0. The van der Waals surface area contributed by atoms with Gasteiger partial charge in [0.05, 0.1) is 5.92 Å². The van der Waals surface area contributed by atoms with E-state index >= 15 is 0 Å². The van der Waals surface area contributed by atoms with E-state index in [-0.39, 0.29) is 18.9 Å². The van der Waals surface area contributed by atoms with Gasteiger partial charge in [-0.1, -0.05) is 6.42 Å². The Hall–Kier alpha value is -0.460. The van der Waals surface area contributed by atoms with Crippen LogP contribution in [0.15, 0.2) is 24.3 Å². The van der Waals surface area contributed by atoms with Crippen molar-refractivity contribution in [3.8, 4) is 0 Å². The van der Waals surface area contributed by atoms with Gasteiger partial charge in [0, 0.05) is 15.3 Å². The molecule has 18 heavy (non-hydrogen) atoms. The number of hydrogen-bond acceptors (Lipinski definition) is 1. The first-order valence-corrected chi connectivity index (χ1v) is 7.12. The molecule has 1 aliphatic carbocycles. The summed E-state index contributed by atoms with van der Waals surface area (Å²) in [6, 6.07) is 7.67. The van der Waals surface area contributed by atoms with Crippen LogP contribution in [-0.2, 0) is 0 Å². The number of hydrogen-bond donors (Lipinski definition) is 1. The minimum absolute atomic E-state index is 0.0644. The Balaban J connectivity index is 1.95. The molecule has 1 N–H and O–H groups in total. The van der Waals surface area contributed by atoms with Crippen molar-refractivity contribution in [1.29, 1.82) is 0 Å². The number of anilines is 1. The molecule has 0 aromatic heterocycles. The predicted molar refractivity (Wildman–Crippen MR) is 74.6 cm³/mol. The van der Waals surface area contributed by atoms with E-state index < -0.39 is 12.1 Å². The molecule has 1 aliphatic rings. The minimum Gasteiger partial charge on any atom is -0.382 e. The Morgan fingerprint density at radius 3 is 2.39 bits per heavy atom. The lowest BCUT2D eigenvalue weighted by molar-refractivity contribution is -0.182. The van der Waals surface area contributed by atoms with Crippen molar-refractivity contribution >= 4 is 28.3 Å². The quantitative estimate of drug-likeness (QED) is 0.737. The van der Waals surface area contributed by atoms with Crippen molar-refractivity contribution in [2.75, 3.05) is 5.32 Å². The maximum atomic E-state index is 12.7. The number of halogens is 4. The van der Waals surface area contributed by atoms with Gasteiger partial charge in [-0.05, 0) is 66.1 Å². The van der Waals surface area contributed by atoms with Gasteiger partial charge in [-0.3, -0.25) is 0 Å². The van der Waals surface area contributed by atoms with Crippen molar-refractivity contribution in [3.63, 3.8) is 0 Å². The van der Waals surface area contributed by atoms with E-state index in [1.165, 1.54) is 0 Å². The summed E-state index contributed by atoms with van der Waals surface area (Å²) in [5.74, 6) is -1.15. The lowest BCUT2D eigenvalue weighted by Crippen LogP contribution is -2.34. The van der Waals surface area contributed by atoms with Crippen molar-refractivity contribution in [2.45, 2.75) is 37.9 Å². The number of rotatable bonds is 2. The first-order valence-electron chi connectivity index (χ1n) is 6.04. The van der Waals surface area contributed by atoms with Gasteiger partial charge in [-0.25, -0.2) is 0 Å². The monoisotopic (exact) mass is 369 g/mol. The Labute approximate surface area is 118 Å². The van der Waals surface area contributed by atoms with Gasteiger partial charge in [-0.15, -0.1) is 0 Å². The largest absolute Gasteiger partial charge is 0.391 e. The normalized spacial score (nSPS) is 24.9. The maximum absolute atomic E-state index is 12.7. The average molecular weight is 369 g/mol. The third-order valence-electron chi connectivity index (χ3n) is 3.35. The van der Waals surface area contributed by atoms with E-state index in [1.807, 2.05) is 24.3 Å². The maximum Gasteiger partial charge on any atom is 0.391 e. The molecular weight excluding hydrogens is 354 g/mol. The van der Waals surface area contributed by atoms with E-state index in [0.717, 1.165) is 15.7 Å². The van der Waals surface area contributed by atoms with Crippen LogP contribution in [0.2, 0.25) is 0 Å². The summed E-state index contributed by atoms with van der Waals surface area (Å²) in [7, 11) is 0. The average Bonchev–Trinajstić information content (AvgIpc) is 2.31. The van der Waals surface area contributed by atoms with Crippen LogP contribution >= 0.6 is 22.6 Å². The predicted octanol–water partition coefficient (Wildman–Crippen LogP) is 4.82. The molecule has 2 unspecified atom stereocenters. The fourth-order valence-electron chi connectivity index (χ4n) is 2.40. The van der Waals surface area contributed by atoms with Gasteiger partial charge >= 0.3 is 6.18 Å². The molecule has 1 fully saturated rings. The highest BCUT2D eigenvalue weighted by atomic mass is 127. The van der Waals surface area contributed by atoms with Gasteiger partial charge in [0.15, 0.2) is 0 Å². The second kappa shape index (κ2) is 5.67. The number of benzene rings is 1. The molecule has 1 aromatic carbocycles. The summed E-state index contributed by atoms with van der Waals surface area (Å²) in [5, 5.41) is 3.21. The lowest BCUT2D eigenvalue weighted by atomic mass is 9.85. The zero-order chi connectivity index (χ0) is 13.2. The Kier molecular flexibility index (Phi) is 4.40. The van der Waals surface area contributed by atoms with Crippen LogP contribution in [0.1, 0.15) is 25.7 Å². The summed E-state index contributed by atoms with van der Waals surface area (Å²) in [4.78, 5) is 0. The number of alkyl halides is 3. The molecule has 0 aliphatic heterocycles. The van der Waals surface area contributed by atoms with E-state index in [1.54, 1.807) is 0 Å². The first kappa shape index (κ1) is 14.0. The molecule has 2 rings (SSSR count). The van der Waals surface area contributed by atoms with Gasteiger partial charge in [0.25, 0.3) is 0 Å². The van der Waals surface area contributed by atoms with Gasteiger partial charge in [-0.2, -0.15) is 13.2 Å². The fourth-order valence-corrected chi connectivity index (χ4v) is 2.76. The molecule has 1 nitrogen and oxygen atoms in total. The van der Waals surface area contributed by atoms with Crippen LogP contribution < -0.4 is 5.32 Å². The Morgan fingerprint density at radius 1 is 1.11 bits per heavy atom. The van der Waals surface area contributed by atoms with Crippen molar-refractivity contribution in [1.82, 2.24) is 0 Å². The summed E-state index contributed by atoms with van der Waals surface area (Å²) in [6.07, 6.45) is -2.12. The molecule has 0 radical (unpaired) electrons. The van der Waals surface area contributed by atoms with E-state index in [9.17, 15) is 13.2 Å². The fraction of sp³-hybridized carbons (Fsp3) is 0.538. The molecular formula is C13H15F3IN. The highest BCUT2D eigenvalue weighted by molar-refractivity contribution is 14.1. The summed E-state index contributed by atoms with van der Waals surface area (Å²) >= 11 is 2.20. The molecule has 5 heteroatoms. The van der Waals surface area contributed by atoms with E-state index in [0.29, 0.717) is 6.42 Å². The SMILES string of the molecule is FC(F)(F)C1CCCC(Nc2ccc(I)cc2)C1. The van der Waals surface area contributed by atoms with Crippen LogP contribution in [0.3, 0.4) is 0 Å². The standard InChI is InChI=1S/C13H15F3IN/c14-13(15,16)9-2-1-3-12(8-9)18-11-6-4-10(17)5-7-11/h4-7,9,12,18H,1-3,8H2. The zero-order valence-electron chi connectivity index (χ0n) is 9.80. The highest BCUT2D eigenvalue weighted by Gasteiger charge is 2.42. The topological polar surface area (TPSA) is 12.0 Å². The second-order valence-corrected chi connectivity index (χ2v) is 6.00. The summed E-state index contributed by atoms with van der Waals surface area (Å²) < 4.78 is 39.2. The summed E-state index contributed by atoms with van der Waals surface area (Å²) in [5.41, 5.74) is 0.906. The molecule has 1 aromatic rings. The van der Waals surface area contributed by atoms with Gasteiger partial charge in [0.1, 0.15) is 0 Å². The molecule has 0 amide bonds. The number of nitrogens with one attached hydrogen (secondary N) is 1. The molecule has 0 bridgehead atoms. The van der Waals surface area contributed by atoms with Crippen molar-refractivity contribution in [2.24, 2.45) is 5.92 Å². The molecule has 2 atom stereocenters. The van der Waals surface area contributed by atoms with Crippen molar-refractivity contribution in [3.05, 3.63) is 27.8 Å². The smallest absolute Gasteiger partial charge is 0.382 e. The van der Waals surface area contributed by atoms with E-state index in [2.05, 4.69) is 27.9 Å². The van der Waals surface area contributed by atoms with Crippen LogP contribution in [0.4, 0.5) is 18.9 Å². The molecule has 0 saturated heterocycles.